The summed E-state index contributed by atoms with van der Waals surface area (Å²) in [6, 6.07) is 15.2. The lowest BCUT2D eigenvalue weighted by Gasteiger charge is -2.26. The van der Waals surface area contributed by atoms with Gasteiger partial charge in [-0.25, -0.2) is 4.79 Å². The standard InChI is InChI=1S/C23H26N2O5/c1-14(21(28)25-23(2,3)12-20(26)27)24-22(29)30-13-19-17-10-6-4-8-15(17)16-9-5-7-11-18(16)19/h4-11,14,19H,12-13H2,1-3H3,(H,24,29)(H,25,28)(H,26,27)/t14-/m0/s1. The van der Waals surface area contributed by atoms with Crippen LogP contribution in [-0.2, 0) is 14.3 Å². The fraction of sp³-hybridized carbons (Fsp3) is 0.348. The van der Waals surface area contributed by atoms with Crippen molar-refractivity contribution in [1.82, 2.24) is 10.6 Å². The summed E-state index contributed by atoms with van der Waals surface area (Å²) < 4.78 is 5.43. The van der Waals surface area contributed by atoms with Crippen molar-refractivity contribution in [2.75, 3.05) is 6.61 Å². The van der Waals surface area contributed by atoms with E-state index in [2.05, 4.69) is 22.8 Å². The zero-order valence-corrected chi connectivity index (χ0v) is 17.3. The zero-order chi connectivity index (χ0) is 21.9. The Balaban J connectivity index is 1.59. The van der Waals surface area contributed by atoms with Gasteiger partial charge < -0.3 is 20.5 Å². The van der Waals surface area contributed by atoms with Gasteiger partial charge in [-0.05, 0) is 43.0 Å². The summed E-state index contributed by atoms with van der Waals surface area (Å²) >= 11 is 0. The monoisotopic (exact) mass is 410 g/mol. The molecule has 0 radical (unpaired) electrons. The van der Waals surface area contributed by atoms with Crippen molar-refractivity contribution in [1.29, 1.82) is 0 Å². The molecule has 7 heteroatoms. The van der Waals surface area contributed by atoms with E-state index in [-0.39, 0.29) is 18.9 Å². The third kappa shape index (κ3) is 4.79. The number of benzene rings is 2. The number of ether oxygens (including phenoxy) is 1. The average molecular weight is 410 g/mol. The lowest BCUT2D eigenvalue weighted by Crippen LogP contribution is -2.52. The molecule has 2 amide bonds. The second kappa shape index (κ2) is 8.57. The second-order valence-corrected chi connectivity index (χ2v) is 8.14. The first-order valence-corrected chi connectivity index (χ1v) is 9.83. The summed E-state index contributed by atoms with van der Waals surface area (Å²) in [5.41, 5.74) is 3.55. The highest BCUT2D eigenvalue weighted by molar-refractivity contribution is 5.86. The van der Waals surface area contributed by atoms with Gasteiger partial charge in [-0.2, -0.15) is 0 Å². The molecule has 0 saturated carbocycles. The minimum absolute atomic E-state index is 0.0678. The molecule has 0 saturated heterocycles. The predicted octanol–water partition coefficient (Wildman–Crippen LogP) is 3.28. The molecule has 158 valence electrons. The van der Waals surface area contributed by atoms with Crippen molar-refractivity contribution in [3.63, 3.8) is 0 Å². The van der Waals surface area contributed by atoms with Crippen LogP contribution in [0.5, 0.6) is 0 Å². The van der Waals surface area contributed by atoms with Crippen LogP contribution >= 0.6 is 0 Å². The first-order valence-electron chi connectivity index (χ1n) is 9.83. The Morgan fingerprint density at radius 1 is 1.03 bits per heavy atom. The molecule has 2 aromatic rings. The van der Waals surface area contributed by atoms with Crippen molar-refractivity contribution >= 4 is 18.0 Å². The van der Waals surface area contributed by atoms with Gasteiger partial charge >= 0.3 is 12.1 Å². The van der Waals surface area contributed by atoms with Gasteiger partial charge in [0.15, 0.2) is 0 Å². The summed E-state index contributed by atoms with van der Waals surface area (Å²) in [6.07, 6.45) is -0.924. The number of aliphatic carboxylic acids is 1. The lowest BCUT2D eigenvalue weighted by atomic mass is 9.98. The first kappa shape index (κ1) is 21.4. The highest BCUT2D eigenvalue weighted by atomic mass is 16.5. The SMILES string of the molecule is C[C@H](NC(=O)OCC1c2ccccc2-c2ccccc21)C(=O)NC(C)(C)CC(=O)O. The maximum atomic E-state index is 12.3. The number of hydrogen-bond acceptors (Lipinski definition) is 4. The Hall–Kier alpha value is -3.35. The number of rotatable bonds is 7. The van der Waals surface area contributed by atoms with E-state index in [0.717, 1.165) is 22.3 Å². The highest BCUT2D eigenvalue weighted by Crippen LogP contribution is 2.44. The van der Waals surface area contributed by atoms with Gasteiger partial charge in [-0.1, -0.05) is 48.5 Å². The van der Waals surface area contributed by atoms with Crippen LogP contribution in [0.2, 0.25) is 0 Å². The Morgan fingerprint density at radius 3 is 2.10 bits per heavy atom. The van der Waals surface area contributed by atoms with Crippen LogP contribution in [0.4, 0.5) is 4.79 Å². The summed E-state index contributed by atoms with van der Waals surface area (Å²) in [5.74, 6) is -1.56. The van der Waals surface area contributed by atoms with Gasteiger partial charge in [-0.15, -0.1) is 0 Å². The van der Waals surface area contributed by atoms with Gasteiger partial charge in [0.1, 0.15) is 12.6 Å². The molecule has 0 bridgehead atoms. The smallest absolute Gasteiger partial charge is 0.407 e. The van der Waals surface area contributed by atoms with E-state index in [1.165, 1.54) is 6.92 Å². The van der Waals surface area contributed by atoms with Crippen LogP contribution in [0.3, 0.4) is 0 Å². The first-order chi connectivity index (χ1) is 14.2. The number of carbonyl (C=O) groups excluding carboxylic acids is 2. The summed E-state index contributed by atoms with van der Waals surface area (Å²) in [6.45, 7) is 4.89. The van der Waals surface area contributed by atoms with Crippen molar-refractivity contribution in [2.24, 2.45) is 0 Å². The van der Waals surface area contributed by atoms with E-state index in [4.69, 9.17) is 9.84 Å². The summed E-state index contributed by atoms with van der Waals surface area (Å²) in [4.78, 5) is 35.5. The molecule has 30 heavy (non-hydrogen) atoms. The van der Waals surface area contributed by atoms with E-state index < -0.39 is 29.6 Å². The maximum Gasteiger partial charge on any atom is 0.407 e. The molecule has 0 aliphatic heterocycles. The van der Waals surface area contributed by atoms with Crippen LogP contribution in [0, 0.1) is 0 Å². The van der Waals surface area contributed by atoms with Gasteiger partial charge in [-0.3, -0.25) is 9.59 Å². The number of amides is 2. The molecule has 0 fully saturated rings. The van der Waals surface area contributed by atoms with Crippen LogP contribution < -0.4 is 10.6 Å². The molecule has 0 spiro atoms. The van der Waals surface area contributed by atoms with Gasteiger partial charge in [0.05, 0.1) is 6.42 Å². The van der Waals surface area contributed by atoms with E-state index >= 15 is 0 Å². The Morgan fingerprint density at radius 2 is 1.57 bits per heavy atom. The number of alkyl carbamates (subject to hydrolysis) is 1. The third-order valence-corrected chi connectivity index (χ3v) is 5.13. The Labute approximate surface area is 175 Å². The molecule has 1 aliphatic carbocycles. The number of hydrogen-bond donors (Lipinski definition) is 3. The Bertz CT molecular complexity index is 924. The van der Waals surface area contributed by atoms with E-state index in [1.807, 2.05) is 36.4 Å². The maximum absolute atomic E-state index is 12.3. The molecule has 7 nitrogen and oxygen atoms in total. The van der Waals surface area contributed by atoms with Gasteiger partial charge in [0.25, 0.3) is 0 Å². The van der Waals surface area contributed by atoms with Crippen LogP contribution in [-0.4, -0.2) is 41.3 Å². The lowest BCUT2D eigenvalue weighted by molar-refractivity contribution is -0.138. The third-order valence-electron chi connectivity index (χ3n) is 5.13. The van der Waals surface area contributed by atoms with Crippen molar-refractivity contribution in [3.05, 3.63) is 59.7 Å². The molecule has 2 aromatic carbocycles. The minimum atomic E-state index is -1.02. The highest BCUT2D eigenvalue weighted by Gasteiger charge is 2.30. The fourth-order valence-electron chi connectivity index (χ4n) is 3.75. The number of carboxylic acids is 1. The van der Waals surface area contributed by atoms with Crippen molar-refractivity contribution in [3.8, 4) is 11.1 Å². The molecular weight excluding hydrogens is 384 g/mol. The fourth-order valence-corrected chi connectivity index (χ4v) is 3.75. The molecule has 3 rings (SSSR count). The van der Waals surface area contributed by atoms with Crippen LogP contribution in [0.1, 0.15) is 44.2 Å². The van der Waals surface area contributed by atoms with Gasteiger partial charge in [0.2, 0.25) is 5.91 Å². The zero-order valence-electron chi connectivity index (χ0n) is 17.3. The van der Waals surface area contributed by atoms with E-state index in [1.54, 1.807) is 13.8 Å². The quantitative estimate of drug-likeness (QED) is 0.650. The van der Waals surface area contributed by atoms with Crippen LogP contribution in [0.25, 0.3) is 11.1 Å². The minimum Gasteiger partial charge on any atom is -0.481 e. The van der Waals surface area contributed by atoms with Crippen molar-refractivity contribution < 1.29 is 24.2 Å². The van der Waals surface area contributed by atoms with Crippen LogP contribution in [0.15, 0.2) is 48.5 Å². The molecule has 1 aliphatic rings. The molecular formula is C23H26N2O5. The number of nitrogens with one attached hydrogen (secondary N) is 2. The largest absolute Gasteiger partial charge is 0.481 e. The van der Waals surface area contributed by atoms with E-state index in [9.17, 15) is 14.4 Å². The topological polar surface area (TPSA) is 105 Å². The average Bonchev–Trinajstić information content (AvgIpc) is 2.99. The van der Waals surface area contributed by atoms with Gasteiger partial charge in [0, 0.05) is 11.5 Å². The number of carbonyl (C=O) groups is 3. The normalized spacial score (nSPS) is 13.7. The summed E-state index contributed by atoms with van der Waals surface area (Å²) in [7, 11) is 0. The molecule has 1 atom stereocenters. The second-order valence-electron chi connectivity index (χ2n) is 8.14. The molecule has 3 N–H and O–H groups in total. The predicted molar refractivity (Wildman–Crippen MR) is 112 cm³/mol. The van der Waals surface area contributed by atoms with Crippen molar-refractivity contribution in [2.45, 2.75) is 44.7 Å². The molecule has 0 heterocycles. The molecule has 0 unspecified atom stereocenters. The summed E-state index contributed by atoms with van der Waals surface area (Å²) in [5, 5.41) is 14.1. The molecule has 0 aromatic heterocycles. The Kier molecular flexibility index (Phi) is 6.10. The number of carboxylic acid groups (broad SMARTS) is 1. The van der Waals surface area contributed by atoms with E-state index in [0.29, 0.717) is 0 Å². The number of fused-ring (bicyclic) bond motifs is 3.